The Kier molecular flexibility index (Phi) is 15.7. The number of β-amino-alcohol motifs (C(OH)–C–C–N with tert-alkyl or cyclic N) is 1. The summed E-state index contributed by atoms with van der Waals surface area (Å²) in [6, 6.07) is 7.96. The van der Waals surface area contributed by atoms with Gasteiger partial charge in [-0.15, -0.1) is 0 Å². The van der Waals surface area contributed by atoms with Crippen LogP contribution in [0.3, 0.4) is 0 Å². The van der Waals surface area contributed by atoms with Gasteiger partial charge in [0, 0.05) is 6.54 Å². The predicted octanol–water partition coefficient (Wildman–Crippen LogP) is 0.860. The van der Waals surface area contributed by atoms with Crippen molar-refractivity contribution in [2.75, 3.05) is 46.9 Å². The van der Waals surface area contributed by atoms with Gasteiger partial charge in [0.1, 0.15) is 5.75 Å². The zero-order valence-corrected chi connectivity index (χ0v) is 16.2. The Bertz CT molecular complexity index is 431. The second-order valence-electron chi connectivity index (χ2n) is 6.19. The molecule has 2 unspecified atom stereocenters. The fourth-order valence-corrected chi connectivity index (χ4v) is 2.49. The van der Waals surface area contributed by atoms with Crippen molar-refractivity contribution in [3.63, 3.8) is 0 Å². The van der Waals surface area contributed by atoms with Gasteiger partial charge in [-0.05, 0) is 71.0 Å². The molecule has 0 radical (unpaired) electrons. The molecule has 1 aromatic rings. The van der Waals surface area contributed by atoms with E-state index in [2.05, 4.69) is 22.9 Å². The Morgan fingerprint density at radius 2 is 1.77 bits per heavy atom. The largest absolute Gasteiger partial charge is 0.497 e. The van der Waals surface area contributed by atoms with E-state index in [1.54, 1.807) is 7.11 Å². The van der Waals surface area contributed by atoms with Gasteiger partial charge in [-0.3, -0.25) is 4.79 Å². The fourth-order valence-electron chi connectivity index (χ4n) is 2.49. The third-order valence-corrected chi connectivity index (χ3v) is 3.95. The van der Waals surface area contributed by atoms with E-state index in [-0.39, 0.29) is 12.6 Å². The number of methoxy groups -OCH3 is 1. The number of hydrogen-bond donors (Lipinski definition) is 5. The zero-order chi connectivity index (χ0) is 19.6. The molecule has 7 nitrogen and oxygen atoms in total. The van der Waals surface area contributed by atoms with Gasteiger partial charge in [-0.25, -0.2) is 0 Å². The highest BCUT2D eigenvalue weighted by molar-refractivity contribution is 5.32. The van der Waals surface area contributed by atoms with Gasteiger partial charge in [0.25, 0.3) is 6.47 Å². The quantitative estimate of drug-likeness (QED) is 0.504. The van der Waals surface area contributed by atoms with Gasteiger partial charge in [0.05, 0.1) is 13.2 Å². The molecule has 0 amide bonds. The molecule has 2 aliphatic rings. The van der Waals surface area contributed by atoms with Crippen molar-refractivity contribution in [3.05, 3.63) is 29.8 Å². The third-order valence-electron chi connectivity index (χ3n) is 3.95. The van der Waals surface area contributed by atoms with E-state index in [4.69, 9.17) is 19.7 Å². The molecule has 1 aromatic carbocycles. The van der Waals surface area contributed by atoms with Crippen molar-refractivity contribution in [2.45, 2.75) is 25.9 Å². The first-order valence-electron chi connectivity index (χ1n) is 8.99. The number of aryl methyl sites for hydroxylation is 1. The Morgan fingerprint density at radius 1 is 1.19 bits per heavy atom. The van der Waals surface area contributed by atoms with E-state index in [1.807, 2.05) is 31.3 Å². The first-order valence-corrected chi connectivity index (χ1v) is 8.99. The highest BCUT2D eigenvalue weighted by Crippen LogP contribution is 2.09. The molecule has 0 aliphatic carbocycles. The smallest absolute Gasteiger partial charge is 0.290 e. The van der Waals surface area contributed by atoms with E-state index >= 15 is 0 Å². The molecular weight excluding hydrogens is 334 g/mol. The molecule has 26 heavy (non-hydrogen) atoms. The molecular formula is C19H35N3O4. The maximum absolute atomic E-state index is 8.67. The maximum atomic E-state index is 8.67. The lowest BCUT2D eigenvalue weighted by molar-refractivity contribution is -0.122. The Balaban J connectivity index is 0.000000340. The highest BCUT2D eigenvalue weighted by atomic mass is 16.5. The number of ether oxygens (including phenoxy) is 1. The predicted molar refractivity (Wildman–Crippen MR) is 105 cm³/mol. The summed E-state index contributed by atoms with van der Waals surface area (Å²) in [5.74, 6) is 1.81. The minimum Gasteiger partial charge on any atom is -0.497 e. The maximum Gasteiger partial charge on any atom is 0.290 e. The Hall–Kier alpha value is -1.67. The second-order valence-corrected chi connectivity index (χ2v) is 6.19. The Morgan fingerprint density at radius 3 is 2.12 bits per heavy atom. The van der Waals surface area contributed by atoms with Crippen molar-refractivity contribution in [1.29, 1.82) is 0 Å². The molecule has 3 rings (SSSR count). The SMILES string of the molecule is CNCC1CCNC1.COc1ccc(C)cc1.O=CO.OC1CCNC1. The molecule has 0 aromatic heterocycles. The summed E-state index contributed by atoms with van der Waals surface area (Å²) in [6.45, 7) is 7.18. The van der Waals surface area contributed by atoms with Crippen LogP contribution in [0.2, 0.25) is 0 Å². The summed E-state index contributed by atoms with van der Waals surface area (Å²) in [5, 5.41) is 25.1. The molecule has 2 aliphatic heterocycles. The van der Waals surface area contributed by atoms with E-state index in [0.717, 1.165) is 31.2 Å². The van der Waals surface area contributed by atoms with E-state index in [1.165, 1.54) is 31.6 Å². The second kappa shape index (κ2) is 16.8. The molecule has 0 spiro atoms. The normalized spacial score (nSPS) is 20.5. The van der Waals surface area contributed by atoms with Crippen LogP contribution in [0.15, 0.2) is 24.3 Å². The first kappa shape index (κ1) is 24.3. The van der Waals surface area contributed by atoms with Crippen LogP contribution in [0, 0.1) is 12.8 Å². The molecule has 5 N–H and O–H groups in total. The summed E-state index contributed by atoms with van der Waals surface area (Å²) in [6.07, 6.45) is 2.21. The van der Waals surface area contributed by atoms with Crippen molar-refractivity contribution in [3.8, 4) is 5.75 Å². The van der Waals surface area contributed by atoms with Gasteiger partial charge in [0.15, 0.2) is 0 Å². The van der Waals surface area contributed by atoms with Gasteiger partial charge >= 0.3 is 0 Å². The lowest BCUT2D eigenvalue weighted by Crippen LogP contribution is -2.20. The van der Waals surface area contributed by atoms with Gasteiger partial charge < -0.3 is 30.9 Å². The first-order chi connectivity index (χ1) is 12.6. The average molecular weight is 370 g/mol. The van der Waals surface area contributed by atoms with Crippen LogP contribution >= 0.6 is 0 Å². The minimum atomic E-state index is -0.250. The van der Waals surface area contributed by atoms with Gasteiger partial charge in [-0.2, -0.15) is 0 Å². The molecule has 0 saturated carbocycles. The number of nitrogens with one attached hydrogen (secondary N) is 3. The fraction of sp³-hybridized carbons (Fsp3) is 0.632. The summed E-state index contributed by atoms with van der Waals surface area (Å²) in [7, 11) is 3.68. The van der Waals surface area contributed by atoms with Crippen molar-refractivity contribution < 1.29 is 19.7 Å². The van der Waals surface area contributed by atoms with E-state index < -0.39 is 0 Å². The van der Waals surface area contributed by atoms with Crippen LogP contribution in [0.1, 0.15) is 18.4 Å². The molecule has 2 fully saturated rings. The summed E-state index contributed by atoms with van der Waals surface area (Å²) in [5.41, 5.74) is 1.26. The zero-order valence-electron chi connectivity index (χ0n) is 16.2. The lowest BCUT2D eigenvalue weighted by atomic mass is 10.1. The van der Waals surface area contributed by atoms with Gasteiger partial charge in [-0.1, -0.05) is 17.7 Å². The number of aliphatic hydroxyl groups excluding tert-OH is 1. The number of benzene rings is 1. The van der Waals surface area contributed by atoms with E-state index in [9.17, 15) is 0 Å². The number of rotatable bonds is 3. The molecule has 150 valence electrons. The highest BCUT2D eigenvalue weighted by Gasteiger charge is 2.11. The van der Waals surface area contributed by atoms with Crippen LogP contribution in [0.5, 0.6) is 5.75 Å². The third kappa shape index (κ3) is 13.6. The number of carboxylic acid groups (broad SMARTS) is 1. The molecule has 0 bridgehead atoms. The molecule has 7 heteroatoms. The molecule has 2 atom stereocenters. The van der Waals surface area contributed by atoms with E-state index in [0.29, 0.717) is 0 Å². The van der Waals surface area contributed by atoms with Crippen molar-refractivity contribution in [1.82, 2.24) is 16.0 Å². The van der Waals surface area contributed by atoms with Crippen LogP contribution in [-0.2, 0) is 4.79 Å². The average Bonchev–Trinajstić information content (AvgIpc) is 3.32. The Labute approximate surface area is 157 Å². The number of hydrogen-bond acceptors (Lipinski definition) is 6. The van der Waals surface area contributed by atoms with Gasteiger partial charge in [0.2, 0.25) is 0 Å². The number of carbonyl (C=O) groups is 1. The monoisotopic (exact) mass is 369 g/mol. The van der Waals surface area contributed by atoms with Crippen LogP contribution in [0.4, 0.5) is 0 Å². The van der Waals surface area contributed by atoms with Crippen molar-refractivity contribution >= 4 is 6.47 Å². The minimum absolute atomic E-state index is 0.0648. The lowest BCUT2D eigenvalue weighted by Gasteiger charge is -2.04. The topological polar surface area (TPSA) is 103 Å². The molecule has 2 heterocycles. The van der Waals surface area contributed by atoms with Crippen molar-refractivity contribution in [2.24, 2.45) is 5.92 Å². The summed E-state index contributed by atoms with van der Waals surface area (Å²) < 4.78 is 4.97. The van der Waals surface area contributed by atoms with Crippen LogP contribution in [-0.4, -0.2) is 69.7 Å². The van der Waals surface area contributed by atoms with Crippen LogP contribution in [0.25, 0.3) is 0 Å². The summed E-state index contributed by atoms with van der Waals surface area (Å²) in [4.78, 5) is 8.36. The summed E-state index contributed by atoms with van der Waals surface area (Å²) >= 11 is 0. The number of aliphatic hydroxyl groups is 1. The van der Waals surface area contributed by atoms with Crippen LogP contribution < -0.4 is 20.7 Å². The molecule has 2 saturated heterocycles. The standard InChI is InChI=1S/C8H10O.C6H14N2.C4H9NO.CH2O2/c1-7-3-5-8(9-2)6-4-7;1-7-4-6-2-3-8-5-6;6-4-1-2-5-3-4;2-1-3/h3-6H,1-2H3;6-8H,2-5H2,1H3;4-6H,1-3H2;1H,(H,2,3).